The number of aliphatic hydroxyl groups excluding tert-OH is 7. The Labute approximate surface area is 429 Å². The van der Waals surface area contributed by atoms with Crippen molar-refractivity contribution in [3.63, 3.8) is 0 Å². The summed E-state index contributed by atoms with van der Waals surface area (Å²) < 4.78 is 11.1. The number of hydrogen-bond donors (Lipinski definition) is 8. The number of nitrogens with one attached hydrogen (secondary N) is 1. The van der Waals surface area contributed by atoms with Crippen LogP contribution >= 0.6 is 0 Å². The van der Waals surface area contributed by atoms with Gasteiger partial charge < -0.3 is 50.5 Å². The molecule has 11 heteroatoms. The van der Waals surface area contributed by atoms with Crippen LogP contribution in [-0.2, 0) is 14.3 Å². The molecule has 0 spiro atoms. The minimum absolute atomic E-state index is 0.262. The van der Waals surface area contributed by atoms with Gasteiger partial charge in [-0.15, -0.1) is 0 Å². The van der Waals surface area contributed by atoms with Gasteiger partial charge in [0.15, 0.2) is 6.29 Å². The van der Waals surface area contributed by atoms with E-state index in [9.17, 15) is 40.5 Å². The molecule has 0 aliphatic carbocycles. The Bertz CT molecular complexity index is 1190. The minimum atomic E-state index is -1.66. The summed E-state index contributed by atoms with van der Waals surface area (Å²) in [5.41, 5.74) is 0. The second-order valence-corrected chi connectivity index (χ2v) is 21.1. The van der Waals surface area contributed by atoms with E-state index >= 15 is 0 Å². The van der Waals surface area contributed by atoms with Crippen LogP contribution in [0.2, 0.25) is 0 Å². The lowest BCUT2D eigenvalue weighted by molar-refractivity contribution is -0.303. The zero-order chi connectivity index (χ0) is 51.1. The first-order chi connectivity index (χ1) is 34.2. The van der Waals surface area contributed by atoms with Crippen LogP contribution in [0.4, 0.5) is 0 Å². The van der Waals surface area contributed by atoms with E-state index < -0.39 is 74.2 Å². The molecule has 0 aromatic carbocycles. The molecular formula is C59H113NO10. The largest absolute Gasteiger partial charge is 0.394 e. The van der Waals surface area contributed by atoms with Crippen LogP contribution in [0, 0.1) is 0 Å². The Morgan fingerprint density at radius 1 is 0.500 bits per heavy atom. The van der Waals surface area contributed by atoms with Crippen molar-refractivity contribution < 1.29 is 50.0 Å². The predicted octanol–water partition coefficient (Wildman–Crippen LogP) is 12.5. The first-order valence-electron chi connectivity index (χ1n) is 29.7. The molecule has 9 atom stereocenters. The Hall–Kier alpha value is -1.41. The van der Waals surface area contributed by atoms with Gasteiger partial charge in [-0.25, -0.2) is 0 Å². The maximum atomic E-state index is 13.2. The summed E-state index contributed by atoms with van der Waals surface area (Å²) in [6, 6.07) is -1.16. The molecule has 9 unspecified atom stereocenters. The number of carbonyl (C=O) groups excluding carboxylic acids is 1. The van der Waals surface area contributed by atoms with E-state index in [0.717, 1.165) is 44.9 Å². The number of unbranched alkanes of at least 4 members (excludes halogenated alkanes) is 35. The van der Waals surface area contributed by atoms with Crippen molar-refractivity contribution in [3.8, 4) is 0 Å². The third-order valence-electron chi connectivity index (χ3n) is 14.5. The van der Waals surface area contributed by atoms with Crippen molar-refractivity contribution in [2.24, 2.45) is 0 Å². The number of allylic oxidation sites excluding steroid dienone is 4. The molecule has 1 aliphatic heterocycles. The second-order valence-electron chi connectivity index (χ2n) is 21.1. The Morgan fingerprint density at radius 3 is 1.27 bits per heavy atom. The molecule has 0 radical (unpaired) electrons. The number of hydrogen-bond acceptors (Lipinski definition) is 10. The number of carbonyl (C=O) groups is 1. The van der Waals surface area contributed by atoms with E-state index in [1.807, 2.05) is 0 Å². The summed E-state index contributed by atoms with van der Waals surface area (Å²) in [6.07, 6.45) is 46.9. The molecular weight excluding hydrogens is 883 g/mol. The fraction of sp³-hybridized carbons (Fsp3) is 0.915. The predicted molar refractivity (Wildman–Crippen MR) is 289 cm³/mol. The van der Waals surface area contributed by atoms with E-state index in [2.05, 4.69) is 43.5 Å². The zero-order valence-electron chi connectivity index (χ0n) is 45.3. The van der Waals surface area contributed by atoms with Gasteiger partial charge in [0.2, 0.25) is 5.91 Å². The van der Waals surface area contributed by atoms with Crippen molar-refractivity contribution >= 4 is 5.91 Å². The van der Waals surface area contributed by atoms with Crippen LogP contribution in [0.1, 0.15) is 277 Å². The molecule has 0 aromatic heterocycles. The van der Waals surface area contributed by atoms with Gasteiger partial charge in [-0.3, -0.25) is 4.79 Å². The molecule has 414 valence electrons. The standard InChI is InChI=1S/C59H113NO10/c1-3-5-7-9-11-13-15-16-17-18-19-20-21-22-23-24-25-26-27-28-29-30-31-32-33-34-35-37-39-41-43-45-47-52(63)58(68)60-50(49-69-59-57(67)56(66)55(65)53(48-61)70-59)54(64)51(62)46-44-42-40-38-36-14-12-10-8-6-4-2/h19-20,22-23,50-57,59,61-67H,3-18,21,24-49H2,1-2H3,(H,60,68)/b20-19-,23-22-. The smallest absolute Gasteiger partial charge is 0.249 e. The van der Waals surface area contributed by atoms with E-state index in [-0.39, 0.29) is 6.42 Å². The van der Waals surface area contributed by atoms with Crippen molar-refractivity contribution in [2.45, 2.75) is 332 Å². The fourth-order valence-corrected chi connectivity index (χ4v) is 9.65. The van der Waals surface area contributed by atoms with Gasteiger partial charge in [0.05, 0.1) is 25.4 Å². The van der Waals surface area contributed by atoms with Gasteiger partial charge >= 0.3 is 0 Å². The highest BCUT2D eigenvalue weighted by atomic mass is 16.7. The minimum Gasteiger partial charge on any atom is -0.394 e. The van der Waals surface area contributed by atoms with Crippen molar-refractivity contribution in [1.29, 1.82) is 0 Å². The Kier molecular flexibility index (Phi) is 46.2. The molecule has 0 aromatic rings. The Balaban J connectivity index is 2.17. The fourth-order valence-electron chi connectivity index (χ4n) is 9.65. The highest BCUT2D eigenvalue weighted by molar-refractivity contribution is 5.80. The van der Waals surface area contributed by atoms with Gasteiger partial charge in [-0.1, -0.05) is 256 Å². The summed E-state index contributed by atoms with van der Waals surface area (Å²) in [4.78, 5) is 13.2. The number of aliphatic hydroxyl groups is 7. The average Bonchev–Trinajstić information content (AvgIpc) is 3.36. The molecule has 1 fully saturated rings. The van der Waals surface area contributed by atoms with Gasteiger partial charge in [0.25, 0.3) is 0 Å². The molecule has 0 saturated carbocycles. The Morgan fingerprint density at radius 2 is 0.871 bits per heavy atom. The van der Waals surface area contributed by atoms with Gasteiger partial charge in [-0.05, 0) is 44.9 Å². The first kappa shape index (κ1) is 66.6. The third-order valence-corrected chi connectivity index (χ3v) is 14.5. The molecule has 1 heterocycles. The maximum Gasteiger partial charge on any atom is 0.249 e. The van der Waals surface area contributed by atoms with Crippen LogP contribution in [0.25, 0.3) is 0 Å². The van der Waals surface area contributed by atoms with Crippen molar-refractivity contribution in [1.82, 2.24) is 5.32 Å². The topological polar surface area (TPSA) is 189 Å². The van der Waals surface area contributed by atoms with Crippen LogP contribution < -0.4 is 5.32 Å². The highest BCUT2D eigenvalue weighted by Crippen LogP contribution is 2.23. The molecule has 1 rings (SSSR count). The molecule has 70 heavy (non-hydrogen) atoms. The number of amides is 1. The monoisotopic (exact) mass is 996 g/mol. The lowest BCUT2D eigenvalue weighted by Gasteiger charge is -2.40. The molecule has 8 N–H and O–H groups in total. The molecule has 1 aliphatic rings. The summed E-state index contributed by atoms with van der Waals surface area (Å²) in [7, 11) is 0. The quantitative estimate of drug-likeness (QED) is 0.0215. The second kappa shape index (κ2) is 48.5. The van der Waals surface area contributed by atoms with Crippen molar-refractivity contribution in [3.05, 3.63) is 24.3 Å². The molecule has 0 bridgehead atoms. The normalized spacial score (nSPS) is 20.4. The van der Waals surface area contributed by atoms with Crippen molar-refractivity contribution in [2.75, 3.05) is 13.2 Å². The number of ether oxygens (including phenoxy) is 2. The summed E-state index contributed by atoms with van der Waals surface area (Å²) in [5.74, 6) is -0.694. The van der Waals surface area contributed by atoms with Crippen LogP contribution in [0.3, 0.4) is 0 Å². The molecule has 1 amide bonds. The van der Waals surface area contributed by atoms with E-state index in [1.54, 1.807) is 0 Å². The summed E-state index contributed by atoms with van der Waals surface area (Å²) in [6.45, 7) is 3.45. The summed E-state index contributed by atoms with van der Waals surface area (Å²) in [5, 5.41) is 75.9. The SMILES string of the molecule is CCCCCCCCCCC/C=C\C/C=C\CCCCCCCCCCCCCCCCCCC(O)C(=O)NC(COC1OC(CO)C(O)C(O)C1O)C(O)C(O)CCCCCCCCCCCCC. The average molecular weight is 997 g/mol. The van der Waals surface area contributed by atoms with E-state index in [4.69, 9.17) is 9.47 Å². The van der Waals surface area contributed by atoms with Crippen LogP contribution in [-0.4, -0.2) is 110 Å². The van der Waals surface area contributed by atoms with E-state index in [1.165, 1.54) is 193 Å². The third kappa shape index (κ3) is 36.5. The number of rotatable bonds is 51. The zero-order valence-corrected chi connectivity index (χ0v) is 45.3. The maximum absolute atomic E-state index is 13.2. The first-order valence-corrected chi connectivity index (χ1v) is 29.7. The highest BCUT2D eigenvalue weighted by Gasteiger charge is 2.44. The van der Waals surface area contributed by atoms with Crippen LogP contribution in [0.15, 0.2) is 24.3 Å². The lowest BCUT2D eigenvalue weighted by atomic mass is 9.98. The van der Waals surface area contributed by atoms with Crippen LogP contribution in [0.5, 0.6) is 0 Å². The van der Waals surface area contributed by atoms with Gasteiger partial charge in [0, 0.05) is 0 Å². The molecule has 11 nitrogen and oxygen atoms in total. The van der Waals surface area contributed by atoms with E-state index in [0.29, 0.717) is 19.3 Å². The van der Waals surface area contributed by atoms with Gasteiger partial charge in [-0.2, -0.15) is 0 Å². The van der Waals surface area contributed by atoms with Gasteiger partial charge in [0.1, 0.15) is 36.6 Å². The molecule has 1 saturated heterocycles. The summed E-state index contributed by atoms with van der Waals surface area (Å²) >= 11 is 0. The lowest BCUT2D eigenvalue weighted by Crippen LogP contribution is -2.60.